The molecule has 1 aliphatic rings. The van der Waals surface area contributed by atoms with E-state index in [0.717, 1.165) is 5.56 Å². The molecule has 0 spiro atoms. The van der Waals surface area contributed by atoms with E-state index >= 15 is 0 Å². The van der Waals surface area contributed by atoms with E-state index < -0.39 is 23.9 Å². The standard InChI is InChI=1S/C21H22FNO4S/c1-26-21(25)18-11-16(27-19-10-6-5-9-17(19)22)12-23(18)20(24)14-28-13-15-7-3-2-4-8-15/h2-10,16,18H,11-14H2,1H3/t16-,18-/m0/s1. The first-order chi connectivity index (χ1) is 13.6. The Kier molecular flexibility index (Phi) is 6.92. The lowest BCUT2D eigenvalue weighted by Gasteiger charge is -2.22. The van der Waals surface area contributed by atoms with Crippen molar-refractivity contribution in [1.82, 2.24) is 4.90 Å². The molecule has 7 heteroatoms. The van der Waals surface area contributed by atoms with Gasteiger partial charge < -0.3 is 14.4 Å². The number of benzene rings is 2. The van der Waals surface area contributed by atoms with Crippen LogP contribution in [0.3, 0.4) is 0 Å². The molecule has 0 radical (unpaired) electrons. The van der Waals surface area contributed by atoms with Gasteiger partial charge in [0.25, 0.3) is 0 Å². The summed E-state index contributed by atoms with van der Waals surface area (Å²) < 4.78 is 24.4. The number of thioether (sulfide) groups is 1. The number of likely N-dealkylation sites (tertiary alicyclic amines) is 1. The van der Waals surface area contributed by atoms with E-state index in [1.165, 1.54) is 35.9 Å². The average molecular weight is 403 g/mol. The van der Waals surface area contributed by atoms with E-state index in [4.69, 9.17) is 9.47 Å². The zero-order valence-electron chi connectivity index (χ0n) is 15.5. The average Bonchev–Trinajstić information content (AvgIpc) is 3.14. The summed E-state index contributed by atoms with van der Waals surface area (Å²) in [6.45, 7) is 0.221. The van der Waals surface area contributed by atoms with Gasteiger partial charge in [0.15, 0.2) is 11.6 Å². The number of amides is 1. The summed E-state index contributed by atoms with van der Waals surface area (Å²) in [5.41, 5.74) is 1.13. The molecule has 3 rings (SSSR count). The number of para-hydroxylation sites is 1. The second kappa shape index (κ2) is 9.59. The van der Waals surface area contributed by atoms with Gasteiger partial charge in [0.1, 0.15) is 12.1 Å². The highest BCUT2D eigenvalue weighted by Crippen LogP contribution is 2.26. The molecule has 0 unspecified atom stereocenters. The van der Waals surface area contributed by atoms with E-state index in [1.807, 2.05) is 30.3 Å². The first kappa shape index (κ1) is 20.2. The number of carbonyl (C=O) groups excluding carboxylic acids is 2. The number of methoxy groups -OCH3 is 1. The van der Waals surface area contributed by atoms with Crippen molar-refractivity contribution < 1.29 is 23.5 Å². The lowest BCUT2D eigenvalue weighted by molar-refractivity contribution is -0.150. The summed E-state index contributed by atoms with van der Waals surface area (Å²) in [5, 5.41) is 0. The zero-order valence-corrected chi connectivity index (χ0v) is 16.4. The first-order valence-electron chi connectivity index (χ1n) is 8.98. The van der Waals surface area contributed by atoms with Crippen molar-refractivity contribution in [3.8, 4) is 5.75 Å². The fourth-order valence-corrected chi connectivity index (χ4v) is 4.02. The Morgan fingerprint density at radius 3 is 2.57 bits per heavy atom. The van der Waals surface area contributed by atoms with Crippen LogP contribution in [0.1, 0.15) is 12.0 Å². The molecule has 5 nitrogen and oxygen atoms in total. The number of rotatable bonds is 7. The molecule has 0 N–H and O–H groups in total. The third-order valence-corrected chi connectivity index (χ3v) is 5.51. The van der Waals surface area contributed by atoms with E-state index in [-0.39, 0.29) is 30.4 Å². The molecule has 28 heavy (non-hydrogen) atoms. The van der Waals surface area contributed by atoms with Crippen molar-refractivity contribution in [2.24, 2.45) is 0 Å². The summed E-state index contributed by atoms with van der Waals surface area (Å²) >= 11 is 1.49. The molecule has 2 aromatic rings. The minimum atomic E-state index is -0.716. The fraction of sp³-hybridized carbons (Fsp3) is 0.333. The highest BCUT2D eigenvalue weighted by atomic mass is 32.2. The Balaban J connectivity index is 1.61. The quantitative estimate of drug-likeness (QED) is 0.664. The van der Waals surface area contributed by atoms with Crippen molar-refractivity contribution in [3.63, 3.8) is 0 Å². The zero-order chi connectivity index (χ0) is 19.9. The minimum Gasteiger partial charge on any atom is -0.485 e. The van der Waals surface area contributed by atoms with Gasteiger partial charge in [-0.15, -0.1) is 11.8 Å². The molecule has 0 aromatic heterocycles. The van der Waals surface area contributed by atoms with Gasteiger partial charge in [-0.05, 0) is 17.7 Å². The predicted molar refractivity (Wildman–Crippen MR) is 106 cm³/mol. The largest absolute Gasteiger partial charge is 0.485 e. The lowest BCUT2D eigenvalue weighted by atomic mass is 10.2. The van der Waals surface area contributed by atoms with Gasteiger partial charge >= 0.3 is 5.97 Å². The first-order valence-corrected chi connectivity index (χ1v) is 10.1. The van der Waals surface area contributed by atoms with Gasteiger partial charge in [-0.3, -0.25) is 4.79 Å². The SMILES string of the molecule is COC(=O)[C@@H]1C[C@H](Oc2ccccc2F)CN1C(=O)CSCc1ccccc1. The van der Waals surface area contributed by atoms with Crippen LogP contribution in [-0.4, -0.2) is 48.3 Å². The molecule has 1 saturated heterocycles. The predicted octanol–water partition coefficient (Wildman–Crippen LogP) is 3.28. The molecular formula is C21H22FNO4S. The number of ether oxygens (including phenoxy) is 2. The van der Waals surface area contributed by atoms with Gasteiger partial charge in [0, 0.05) is 12.2 Å². The van der Waals surface area contributed by atoms with E-state index in [0.29, 0.717) is 5.75 Å². The van der Waals surface area contributed by atoms with E-state index in [2.05, 4.69) is 0 Å². The Labute approximate surface area is 167 Å². The van der Waals surface area contributed by atoms with Crippen LogP contribution in [0.15, 0.2) is 54.6 Å². The minimum absolute atomic E-state index is 0.115. The van der Waals surface area contributed by atoms with Gasteiger partial charge in [0.05, 0.1) is 19.4 Å². The Morgan fingerprint density at radius 2 is 1.86 bits per heavy atom. The summed E-state index contributed by atoms with van der Waals surface area (Å²) in [5.74, 6) is -0.0472. The van der Waals surface area contributed by atoms with Gasteiger partial charge in [-0.1, -0.05) is 42.5 Å². The summed E-state index contributed by atoms with van der Waals surface area (Å²) in [4.78, 5) is 26.3. The smallest absolute Gasteiger partial charge is 0.328 e. The lowest BCUT2D eigenvalue weighted by Crippen LogP contribution is -2.42. The molecule has 1 amide bonds. The van der Waals surface area contributed by atoms with Gasteiger partial charge in [-0.2, -0.15) is 0 Å². The molecule has 148 valence electrons. The van der Waals surface area contributed by atoms with Crippen LogP contribution >= 0.6 is 11.8 Å². The molecule has 1 fully saturated rings. The number of esters is 1. The van der Waals surface area contributed by atoms with Crippen molar-refractivity contribution in [2.75, 3.05) is 19.4 Å². The van der Waals surface area contributed by atoms with Crippen LogP contribution in [0.5, 0.6) is 5.75 Å². The van der Waals surface area contributed by atoms with Crippen LogP contribution < -0.4 is 4.74 Å². The maximum Gasteiger partial charge on any atom is 0.328 e. The topological polar surface area (TPSA) is 55.8 Å². The summed E-state index contributed by atoms with van der Waals surface area (Å²) in [6.07, 6.45) is -0.195. The summed E-state index contributed by atoms with van der Waals surface area (Å²) in [6, 6.07) is 15.2. The van der Waals surface area contributed by atoms with Crippen LogP contribution in [0.25, 0.3) is 0 Å². The molecule has 2 aromatic carbocycles. The molecular weight excluding hydrogens is 381 g/mol. The van der Waals surface area contributed by atoms with Crippen LogP contribution in [0.2, 0.25) is 0 Å². The normalized spacial score (nSPS) is 18.7. The number of hydrogen-bond acceptors (Lipinski definition) is 5. The number of carbonyl (C=O) groups is 2. The Morgan fingerprint density at radius 1 is 1.14 bits per heavy atom. The highest BCUT2D eigenvalue weighted by Gasteiger charge is 2.41. The third kappa shape index (κ3) is 5.04. The Bertz CT molecular complexity index is 817. The van der Waals surface area contributed by atoms with Crippen LogP contribution in [0.4, 0.5) is 4.39 Å². The monoisotopic (exact) mass is 403 g/mol. The molecule has 0 saturated carbocycles. The van der Waals surface area contributed by atoms with Crippen LogP contribution in [0, 0.1) is 5.82 Å². The van der Waals surface area contributed by atoms with E-state index in [9.17, 15) is 14.0 Å². The second-order valence-electron chi connectivity index (χ2n) is 6.47. The van der Waals surface area contributed by atoms with Crippen LogP contribution in [-0.2, 0) is 20.1 Å². The van der Waals surface area contributed by atoms with Crippen molar-refractivity contribution in [3.05, 3.63) is 66.0 Å². The Hall–Kier alpha value is -2.54. The molecule has 1 aliphatic heterocycles. The molecule has 2 atom stereocenters. The van der Waals surface area contributed by atoms with Crippen molar-refractivity contribution in [1.29, 1.82) is 0 Å². The van der Waals surface area contributed by atoms with Crippen molar-refractivity contribution in [2.45, 2.75) is 24.3 Å². The maximum absolute atomic E-state index is 13.8. The molecule has 1 heterocycles. The molecule has 0 aliphatic carbocycles. The van der Waals surface area contributed by atoms with E-state index in [1.54, 1.807) is 12.1 Å². The fourth-order valence-electron chi connectivity index (χ4n) is 3.15. The highest BCUT2D eigenvalue weighted by molar-refractivity contribution is 7.99. The van der Waals surface area contributed by atoms with Gasteiger partial charge in [-0.25, -0.2) is 9.18 Å². The maximum atomic E-state index is 13.8. The number of nitrogens with zero attached hydrogens (tertiary/aromatic N) is 1. The number of halogens is 1. The number of hydrogen-bond donors (Lipinski definition) is 0. The van der Waals surface area contributed by atoms with Gasteiger partial charge in [0.2, 0.25) is 5.91 Å². The summed E-state index contributed by atoms with van der Waals surface area (Å²) in [7, 11) is 1.29. The third-order valence-electron chi connectivity index (χ3n) is 4.52. The van der Waals surface area contributed by atoms with Crippen molar-refractivity contribution >= 4 is 23.6 Å². The molecule has 0 bridgehead atoms. The second-order valence-corrected chi connectivity index (χ2v) is 7.46.